The van der Waals surface area contributed by atoms with Crippen molar-refractivity contribution in [3.8, 4) is 0 Å². The molecule has 0 saturated heterocycles. The molecule has 0 aromatic heterocycles. The molecule has 1 radical (unpaired) electrons. The standard InChI is InChI=1S/C6H12NO2/c1-3-4-5-7(2)6(8)9/h3-5H2,1-2H3. The number of carbonyl (C=O) groups excluding carboxylic acids is 1. The number of amides is 1. The van der Waals surface area contributed by atoms with Gasteiger partial charge in [-0.1, -0.05) is 13.3 Å². The first-order valence-electron chi connectivity index (χ1n) is 3.10. The van der Waals surface area contributed by atoms with Gasteiger partial charge in [-0.15, -0.1) is 0 Å². The van der Waals surface area contributed by atoms with Crippen LogP contribution in [-0.2, 0) is 5.11 Å². The number of carbonyl (C=O) groups is 1. The normalized spacial score (nSPS) is 9.11. The molecule has 0 unspecified atom stereocenters. The summed E-state index contributed by atoms with van der Waals surface area (Å²) in [6, 6.07) is 0. The molecule has 0 aromatic carbocycles. The fraction of sp³-hybridized carbons (Fsp3) is 0.833. The zero-order valence-electron chi connectivity index (χ0n) is 5.89. The van der Waals surface area contributed by atoms with E-state index in [1.165, 1.54) is 11.9 Å². The summed E-state index contributed by atoms with van der Waals surface area (Å²) in [7, 11) is 1.52. The minimum absolute atomic E-state index is 0.582. The molecule has 0 N–H and O–H groups in total. The van der Waals surface area contributed by atoms with Gasteiger partial charge in [-0.2, -0.15) is 0 Å². The van der Waals surface area contributed by atoms with E-state index in [1.807, 2.05) is 6.92 Å². The van der Waals surface area contributed by atoms with Crippen molar-refractivity contribution in [3.05, 3.63) is 0 Å². The van der Waals surface area contributed by atoms with Crippen LogP contribution in [-0.4, -0.2) is 24.6 Å². The first-order chi connectivity index (χ1) is 4.18. The van der Waals surface area contributed by atoms with E-state index in [9.17, 15) is 9.90 Å². The Kier molecular flexibility index (Phi) is 3.84. The van der Waals surface area contributed by atoms with Crippen LogP contribution >= 0.6 is 0 Å². The van der Waals surface area contributed by atoms with Gasteiger partial charge in [-0.25, -0.2) is 9.90 Å². The van der Waals surface area contributed by atoms with Crippen molar-refractivity contribution in [3.63, 3.8) is 0 Å². The summed E-state index contributed by atoms with van der Waals surface area (Å²) < 4.78 is 0. The molecule has 0 aliphatic carbocycles. The van der Waals surface area contributed by atoms with Crippen molar-refractivity contribution in [1.82, 2.24) is 4.90 Å². The number of hydrogen-bond donors (Lipinski definition) is 0. The smallest absolute Gasteiger partial charge is 0.308 e. The highest BCUT2D eigenvalue weighted by molar-refractivity contribution is 5.63. The maximum Gasteiger partial charge on any atom is 0.452 e. The fourth-order valence-corrected chi connectivity index (χ4v) is 0.487. The maximum absolute atomic E-state index is 10.0. The second kappa shape index (κ2) is 4.18. The topological polar surface area (TPSA) is 40.2 Å². The van der Waals surface area contributed by atoms with Crippen LogP contribution < -0.4 is 0 Å². The van der Waals surface area contributed by atoms with Gasteiger partial charge in [0.05, 0.1) is 0 Å². The molecule has 0 heterocycles. The quantitative estimate of drug-likeness (QED) is 0.567. The van der Waals surface area contributed by atoms with Gasteiger partial charge in [-0.3, -0.25) is 0 Å². The van der Waals surface area contributed by atoms with E-state index in [1.54, 1.807) is 0 Å². The first-order valence-corrected chi connectivity index (χ1v) is 3.10. The second-order valence-electron chi connectivity index (χ2n) is 2.04. The van der Waals surface area contributed by atoms with Gasteiger partial charge in [-0.05, 0) is 6.42 Å². The van der Waals surface area contributed by atoms with E-state index in [4.69, 9.17) is 0 Å². The largest absolute Gasteiger partial charge is 0.452 e. The van der Waals surface area contributed by atoms with E-state index < -0.39 is 6.09 Å². The molecule has 0 atom stereocenters. The summed E-state index contributed by atoms with van der Waals surface area (Å²) >= 11 is 0. The highest BCUT2D eigenvalue weighted by atomic mass is 16.4. The molecule has 0 aliphatic heterocycles. The van der Waals surface area contributed by atoms with Crippen molar-refractivity contribution in [2.75, 3.05) is 13.6 Å². The highest BCUT2D eigenvalue weighted by Gasteiger charge is 2.04. The predicted molar refractivity (Wildman–Crippen MR) is 33.6 cm³/mol. The lowest BCUT2D eigenvalue weighted by atomic mass is 10.3. The molecule has 3 heteroatoms. The average Bonchev–Trinajstić information content (AvgIpc) is 1.82. The average molecular weight is 130 g/mol. The number of hydrogen-bond acceptors (Lipinski definition) is 1. The third kappa shape index (κ3) is 3.82. The molecule has 53 valence electrons. The van der Waals surface area contributed by atoms with Gasteiger partial charge >= 0.3 is 6.09 Å². The van der Waals surface area contributed by atoms with Crippen molar-refractivity contribution in [1.29, 1.82) is 0 Å². The predicted octanol–water partition coefficient (Wildman–Crippen LogP) is 1.27. The molecular formula is C6H12NO2. The second-order valence-corrected chi connectivity index (χ2v) is 2.04. The lowest BCUT2D eigenvalue weighted by Crippen LogP contribution is -2.24. The minimum atomic E-state index is -1.09. The number of rotatable bonds is 3. The third-order valence-electron chi connectivity index (χ3n) is 1.16. The van der Waals surface area contributed by atoms with E-state index in [2.05, 4.69) is 0 Å². The molecule has 0 rings (SSSR count). The Morgan fingerprint density at radius 1 is 1.56 bits per heavy atom. The summed E-state index contributed by atoms with van der Waals surface area (Å²) in [4.78, 5) is 11.2. The summed E-state index contributed by atoms with van der Waals surface area (Å²) in [5.74, 6) is 0. The van der Waals surface area contributed by atoms with E-state index in [0.717, 1.165) is 12.8 Å². The number of unbranched alkanes of at least 4 members (excludes halogenated alkanes) is 1. The maximum atomic E-state index is 10.0. The lowest BCUT2D eigenvalue weighted by molar-refractivity contribution is 0.129. The van der Waals surface area contributed by atoms with E-state index >= 15 is 0 Å². The van der Waals surface area contributed by atoms with Crippen LogP contribution in [0, 0.1) is 0 Å². The van der Waals surface area contributed by atoms with Crippen molar-refractivity contribution in [2.45, 2.75) is 19.8 Å². The Labute approximate surface area is 55.3 Å². The molecule has 0 fully saturated rings. The molecule has 1 amide bonds. The Morgan fingerprint density at radius 3 is 2.44 bits per heavy atom. The molecular weight excluding hydrogens is 118 g/mol. The minimum Gasteiger partial charge on any atom is -0.308 e. The first kappa shape index (κ1) is 8.27. The van der Waals surface area contributed by atoms with Crippen molar-refractivity contribution in [2.24, 2.45) is 0 Å². The summed E-state index contributed by atoms with van der Waals surface area (Å²) in [6.07, 6.45) is 0.825. The van der Waals surface area contributed by atoms with Gasteiger partial charge in [0.15, 0.2) is 0 Å². The summed E-state index contributed by atoms with van der Waals surface area (Å²) in [5, 5.41) is 10.0. The molecule has 0 spiro atoms. The van der Waals surface area contributed by atoms with Crippen LogP contribution in [0.4, 0.5) is 4.79 Å². The fourth-order valence-electron chi connectivity index (χ4n) is 0.487. The van der Waals surface area contributed by atoms with Crippen LogP contribution in [0.5, 0.6) is 0 Å². The lowest BCUT2D eigenvalue weighted by Gasteiger charge is -2.08. The van der Waals surface area contributed by atoms with Crippen LogP contribution in [0.2, 0.25) is 0 Å². The van der Waals surface area contributed by atoms with Gasteiger partial charge in [0.2, 0.25) is 0 Å². The van der Waals surface area contributed by atoms with Gasteiger partial charge in [0.1, 0.15) is 0 Å². The van der Waals surface area contributed by atoms with Crippen molar-refractivity contribution < 1.29 is 9.90 Å². The molecule has 0 bridgehead atoms. The van der Waals surface area contributed by atoms with Gasteiger partial charge in [0.25, 0.3) is 0 Å². The SMILES string of the molecule is CCCCN(C)C([O])=O. The molecule has 0 aromatic rings. The van der Waals surface area contributed by atoms with E-state index in [-0.39, 0.29) is 0 Å². The van der Waals surface area contributed by atoms with Crippen LogP contribution in [0.25, 0.3) is 0 Å². The molecule has 0 aliphatic rings. The van der Waals surface area contributed by atoms with Crippen LogP contribution in [0.15, 0.2) is 0 Å². The van der Waals surface area contributed by atoms with Gasteiger partial charge < -0.3 is 4.90 Å². The molecule has 3 nitrogen and oxygen atoms in total. The molecule has 0 saturated carbocycles. The highest BCUT2D eigenvalue weighted by Crippen LogP contribution is 1.90. The Hall–Kier alpha value is -0.730. The van der Waals surface area contributed by atoms with Crippen LogP contribution in [0.1, 0.15) is 19.8 Å². The zero-order chi connectivity index (χ0) is 7.28. The van der Waals surface area contributed by atoms with Crippen LogP contribution in [0.3, 0.4) is 0 Å². The zero-order valence-corrected chi connectivity index (χ0v) is 5.89. The molecule has 9 heavy (non-hydrogen) atoms. The van der Waals surface area contributed by atoms with Gasteiger partial charge in [0, 0.05) is 13.6 Å². The van der Waals surface area contributed by atoms with Crippen molar-refractivity contribution >= 4 is 6.09 Å². The monoisotopic (exact) mass is 130 g/mol. The summed E-state index contributed by atoms with van der Waals surface area (Å²) in [5.41, 5.74) is 0. The summed E-state index contributed by atoms with van der Waals surface area (Å²) in [6.45, 7) is 2.60. The van der Waals surface area contributed by atoms with E-state index in [0.29, 0.717) is 6.54 Å². The Morgan fingerprint density at radius 2 is 2.11 bits per heavy atom. The Balaban J connectivity index is 3.27. The Bertz CT molecular complexity index is 93.1. The number of nitrogens with zero attached hydrogens (tertiary/aromatic N) is 1. The third-order valence-corrected chi connectivity index (χ3v) is 1.16.